The lowest BCUT2D eigenvalue weighted by Gasteiger charge is -2.16. The first-order valence-electron chi connectivity index (χ1n) is 8.30. The maximum absolute atomic E-state index is 13.6. The molecule has 5 nitrogen and oxygen atoms in total. The number of hydrogen-bond acceptors (Lipinski definition) is 4. The second kappa shape index (κ2) is 8.46. The average molecular weight is 368 g/mol. The molecule has 0 aliphatic rings. The molecular weight excluding hydrogens is 350 g/mol. The molecule has 0 aliphatic carbocycles. The second-order valence-corrected chi connectivity index (χ2v) is 6.14. The number of carbonyl (C=O) groups excluding carboxylic acids is 1. The summed E-state index contributed by atoms with van der Waals surface area (Å²) in [5.41, 5.74) is 2.22. The number of amides is 1. The fraction of sp³-hybridized carbons (Fsp3) is 0.150. The van der Waals surface area contributed by atoms with Crippen molar-refractivity contribution in [2.24, 2.45) is 0 Å². The molecule has 1 aromatic heterocycles. The van der Waals surface area contributed by atoms with Gasteiger partial charge in [0.05, 0.1) is 11.4 Å². The number of halogens is 2. The molecule has 0 fully saturated rings. The van der Waals surface area contributed by atoms with Crippen LogP contribution in [0, 0.1) is 11.6 Å². The summed E-state index contributed by atoms with van der Waals surface area (Å²) in [6, 6.07) is 10.0. The van der Waals surface area contributed by atoms with Crippen LogP contribution in [0.5, 0.6) is 0 Å². The van der Waals surface area contributed by atoms with Gasteiger partial charge in [0.2, 0.25) is 0 Å². The molecule has 0 atom stereocenters. The van der Waals surface area contributed by atoms with Crippen LogP contribution in [-0.2, 0) is 13.1 Å². The quantitative estimate of drug-likeness (QED) is 0.722. The van der Waals surface area contributed by atoms with Crippen molar-refractivity contribution in [1.29, 1.82) is 0 Å². The molecule has 0 unspecified atom stereocenters. The summed E-state index contributed by atoms with van der Waals surface area (Å²) in [6.07, 6.45) is 5.00. The largest absolute Gasteiger partial charge is 0.319 e. The first-order chi connectivity index (χ1) is 13.0. The molecule has 27 heavy (non-hydrogen) atoms. The highest BCUT2D eigenvalue weighted by atomic mass is 19.1. The molecule has 2 aromatic carbocycles. The van der Waals surface area contributed by atoms with Gasteiger partial charge >= 0.3 is 0 Å². The molecule has 0 radical (unpaired) electrons. The van der Waals surface area contributed by atoms with Crippen LogP contribution in [0.1, 0.15) is 21.6 Å². The molecule has 7 heteroatoms. The zero-order valence-corrected chi connectivity index (χ0v) is 14.7. The fourth-order valence-corrected chi connectivity index (χ4v) is 2.60. The summed E-state index contributed by atoms with van der Waals surface area (Å²) in [6.45, 7) is 1.32. The third-order valence-corrected chi connectivity index (χ3v) is 3.90. The SMILES string of the molecule is CN(Cc1ccc(C(=O)Nc2ccc(F)cc2F)cc1)Cc1cnccn1. The topological polar surface area (TPSA) is 58.1 Å². The zero-order valence-electron chi connectivity index (χ0n) is 14.7. The Bertz CT molecular complexity index is 917. The third-order valence-electron chi connectivity index (χ3n) is 3.90. The van der Waals surface area contributed by atoms with E-state index in [0.717, 1.165) is 23.4 Å². The summed E-state index contributed by atoms with van der Waals surface area (Å²) in [4.78, 5) is 22.6. The molecule has 3 rings (SSSR count). The van der Waals surface area contributed by atoms with E-state index in [0.29, 0.717) is 18.7 Å². The Balaban J connectivity index is 1.60. The van der Waals surface area contributed by atoms with E-state index in [-0.39, 0.29) is 5.69 Å². The number of nitrogens with one attached hydrogen (secondary N) is 1. The van der Waals surface area contributed by atoms with Gasteiger partial charge in [0, 0.05) is 43.3 Å². The normalized spacial score (nSPS) is 10.8. The Labute approximate surface area is 155 Å². The highest BCUT2D eigenvalue weighted by Crippen LogP contribution is 2.16. The molecule has 0 saturated carbocycles. The standard InChI is InChI=1S/C20H18F2N4O/c1-26(13-17-11-23-8-9-24-17)12-14-2-4-15(5-3-14)20(27)25-19-7-6-16(21)10-18(19)22/h2-11H,12-13H2,1H3,(H,25,27). The summed E-state index contributed by atoms with van der Waals surface area (Å²) in [7, 11) is 1.96. The van der Waals surface area contributed by atoms with Gasteiger partial charge in [-0.25, -0.2) is 8.78 Å². The van der Waals surface area contributed by atoms with Gasteiger partial charge in [0.15, 0.2) is 0 Å². The molecule has 1 amide bonds. The lowest BCUT2D eigenvalue weighted by Crippen LogP contribution is -2.18. The predicted molar refractivity (Wildman–Crippen MR) is 98.0 cm³/mol. The van der Waals surface area contributed by atoms with Gasteiger partial charge in [-0.05, 0) is 36.9 Å². The van der Waals surface area contributed by atoms with Crippen LogP contribution >= 0.6 is 0 Å². The number of carbonyl (C=O) groups is 1. The van der Waals surface area contributed by atoms with Crippen molar-refractivity contribution in [2.75, 3.05) is 12.4 Å². The van der Waals surface area contributed by atoms with E-state index in [1.54, 1.807) is 30.7 Å². The van der Waals surface area contributed by atoms with E-state index >= 15 is 0 Å². The van der Waals surface area contributed by atoms with Gasteiger partial charge in [-0.2, -0.15) is 0 Å². The van der Waals surface area contributed by atoms with E-state index < -0.39 is 17.5 Å². The van der Waals surface area contributed by atoms with Crippen molar-refractivity contribution in [1.82, 2.24) is 14.9 Å². The van der Waals surface area contributed by atoms with E-state index in [9.17, 15) is 13.6 Å². The van der Waals surface area contributed by atoms with Gasteiger partial charge in [0.1, 0.15) is 11.6 Å². The minimum absolute atomic E-state index is 0.0609. The van der Waals surface area contributed by atoms with Crippen LogP contribution in [0.4, 0.5) is 14.5 Å². The van der Waals surface area contributed by atoms with Gasteiger partial charge in [-0.3, -0.25) is 19.7 Å². The smallest absolute Gasteiger partial charge is 0.255 e. The van der Waals surface area contributed by atoms with Gasteiger partial charge in [-0.1, -0.05) is 12.1 Å². The molecule has 0 aliphatic heterocycles. The minimum atomic E-state index is -0.814. The van der Waals surface area contributed by atoms with Crippen LogP contribution in [0.25, 0.3) is 0 Å². The summed E-state index contributed by atoms with van der Waals surface area (Å²) in [5, 5.41) is 2.44. The fourth-order valence-electron chi connectivity index (χ4n) is 2.60. The molecule has 1 N–H and O–H groups in total. The number of aromatic nitrogens is 2. The van der Waals surface area contributed by atoms with Crippen LogP contribution in [0.2, 0.25) is 0 Å². The summed E-state index contributed by atoms with van der Waals surface area (Å²) < 4.78 is 26.6. The summed E-state index contributed by atoms with van der Waals surface area (Å²) in [5.74, 6) is -1.97. The van der Waals surface area contributed by atoms with Crippen molar-refractivity contribution in [3.05, 3.63) is 89.5 Å². The monoisotopic (exact) mass is 368 g/mol. The molecule has 0 spiro atoms. The van der Waals surface area contributed by atoms with Crippen molar-refractivity contribution < 1.29 is 13.6 Å². The molecule has 0 bridgehead atoms. The Kier molecular flexibility index (Phi) is 5.83. The first-order valence-corrected chi connectivity index (χ1v) is 8.30. The number of benzene rings is 2. The molecule has 0 saturated heterocycles. The molecular formula is C20H18F2N4O. The molecule has 138 valence electrons. The van der Waals surface area contributed by atoms with Crippen molar-refractivity contribution in [3.8, 4) is 0 Å². The molecule has 3 aromatic rings. The van der Waals surface area contributed by atoms with Crippen molar-refractivity contribution >= 4 is 11.6 Å². The maximum Gasteiger partial charge on any atom is 0.255 e. The Hall–Kier alpha value is -3.19. The highest BCUT2D eigenvalue weighted by molar-refractivity contribution is 6.04. The number of hydrogen-bond donors (Lipinski definition) is 1. The van der Waals surface area contributed by atoms with E-state index in [1.165, 1.54) is 6.07 Å². The highest BCUT2D eigenvalue weighted by Gasteiger charge is 2.10. The van der Waals surface area contributed by atoms with Crippen LogP contribution < -0.4 is 5.32 Å². The molecule has 1 heterocycles. The second-order valence-electron chi connectivity index (χ2n) is 6.14. The number of nitrogens with zero attached hydrogens (tertiary/aromatic N) is 3. The van der Waals surface area contributed by atoms with E-state index in [4.69, 9.17) is 0 Å². The minimum Gasteiger partial charge on any atom is -0.319 e. The predicted octanol–water partition coefficient (Wildman–Crippen LogP) is 3.64. The first kappa shape index (κ1) is 18.6. The number of rotatable bonds is 6. The maximum atomic E-state index is 13.6. The third kappa shape index (κ3) is 5.15. The van der Waals surface area contributed by atoms with Gasteiger partial charge in [-0.15, -0.1) is 0 Å². The van der Waals surface area contributed by atoms with E-state index in [1.807, 2.05) is 19.2 Å². The average Bonchev–Trinajstić information content (AvgIpc) is 2.65. The van der Waals surface area contributed by atoms with Crippen LogP contribution in [-0.4, -0.2) is 27.8 Å². The van der Waals surface area contributed by atoms with Gasteiger partial charge < -0.3 is 5.32 Å². The number of anilines is 1. The van der Waals surface area contributed by atoms with Crippen molar-refractivity contribution in [2.45, 2.75) is 13.1 Å². The summed E-state index contributed by atoms with van der Waals surface area (Å²) >= 11 is 0. The van der Waals surface area contributed by atoms with Crippen LogP contribution in [0.15, 0.2) is 61.1 Å². The van der Waals surface area contributed by atoms with Crippen molar-refractivity contribution in [3.63, 3.8) is 0 Å². The lowest BCUT2D eigenvalue weighted by atomic mass is 10.1. The Morgan fingerprint density at radius 1 is 1.07 bits per heavy atom. The van der Waals surface area contributed by atoms with Gasteiger partial charge in [0.25, 0.3) is 5.91 Å². The Morgan fingerprint density at radius 2 is 1.85 bits per heavy atom. The Morgan fingerprint density at radius 3 is 2.52 bits per heavy atom. The van der Waals surface area contributed by atoms with E-state index in [2.05, 4.69) is 20.2 Å². The lowest BCUT2D eigenvalue weighted by molar-refractivity contribution is 0.102. The zero-order chi connectivity index (χ0) is 19.2. The van der Waals surface area contributed by atoms with Crippen LogP contribution in [0.3, 0.4) is 0 Å².